The lowest BCUT2D eigenvalue weighted by molar-refractivity contribution is -0.138. The molecule has 0 aliphatic carbocycles. The first-order valence-corrected chi connectivity index (χ1v) is 10.5. The van der Waals surface area contributed by atoms with E-state index in [-0.39, 0.29) is 48.0 Å². The van der Waals surface area contributed by atoms with Crippen LogP contribution in [0.5, 0.6) is 11.5 Å². The van der Waals surface area contributed by atoms with Crippen LogP contribution in [0.2, 0.25) is 0 Å². The molecule has 0 spiro atoms. The molecule has 2 fully saturated rings. The van der Waals surface area contributed by atoms with Crippen molar-refractivity contribution in [3.63, 3.8) is 0 Å². The van der Waals surface area contributed by atoms with Crippen LogP contribution in [0.15, 0.2) is 23.1 Å². The minimum absolute atomic E-state index is 0. The molecule has 8 nitrogen and oxygen atoms in total. The van der Waals surface area contributed by atoms with Gasteiger partial charge in [-0.3, -0.25) is 4.79 Å². The van der Waals surface area contributed by atoms with Crippen molar-refractivity contribution >= 4 is 28.3 Å². The summed E-state index contributed by atoms with van der Waals surface area (Å²) < 4.78 is 38.0. The van der Waals surface area contributed by atoms with Crippen molar-refractivity contribution in [3.8, 4) is 11.5 Å². The SMILES string of the molecule is COc1ccc(OC)c(S(=O)(=O)N2CCN(C(=O)C(C)C3CNC3)CC2)c1.Cl. The third-order valence-electron chi connectivity index (χ3n) is 5.45. The Labute approximate surface area is 172 Å². The standard InChI is InChI=1S/C18H27N3O5S.ClH/c1-13(14-11-19-12-14)18(22)20-6-8-21(9-7-20)27(23,24)17-10-15(25-2)4-5-16(17)26-3;/h4-5,10,13-14,19H,6-9,11-12H2,1-3H3;1H. The first-order chi connectivity index (χ1) is 12.9. The lowest BCUT2D eigenvalue weighted by Crippen LogP contribution is -2.55. The van der Waals surface area contributed by atoms with Gasteiger partial charge in [0.15, 0.2) is 0 Å². The first kappa shape index (κ1) is 22.7. The molecular weight excluding hydrogens is 406 g/mol. The number of ether oxygens (including phenoxy) is 2. The van der Waals surface area contributed by atoms with Crippen molar-refractivity contribution in [1.82, 2.24) is 14.5 Å². The monoisotopic (exact) mass is 433 g/mol. The molecule has 2 saturated heterocycles. The van der Waals surface area contributed by atoms with Crippen LogP contribution in [-0.4, -0.2) is 77.0 Å². The van der Waals surface area contributed by atoms with Crippen LogP contribution in [0.1, 0.15) is 6.92 Å². The summed E-state index contributed by atoms with van der Waals surface area (Å²) in [4.78, 5) is 14.5. The maximum atomic E-state index is 13.1. The van der Waals surface area contributed by atoms with E-state index in [1.165, 1.54) is 24.6 Å². The number of sulfonamides is 1. The quantitative estimate of drug-likeness (QED) is 0.714. The van der Waals surface area contributed by atoms with Gasteiger partial charge in [0.1, 0.15) is 16.4 Å². The van der Waals surface area contributed by atoms with Crippen LogP contribution in [0.25, 0.3) is 0 Å². The Bertz CT molecular complexity index is 792. The summed E-state index contributed by atoms with van der Waals surface area (Å²) in [5.74, 6) is 1.18. The lowest BCUT2D eigenvalue weighted by Gasteiger charge is -2.38. The average Bonchev–Trinajstić information content (AvgIpc) is 2.65. The Morgan fingerprint density at radius 1 is 1.14 bits per heavy atom. The van der Waals surface area contributed by atoms with Gasteiger partial charge in [-0.05, 0) is 31.1 Å². The fourth-order valence-electron chi connectivity index (χ4n) is 3.43. The third-order valence-corrected chi connectivity index (χ3v) is 7.37. The predicted molar refractivity (Wildman–Crippen MR) is 108 cm³/mol. The Hall–Kier alpha value is -1.55. The van der Waals surface area contributed by atoms with Crippen LogP contribution in [-0.2, 0) is 14.8 Å². The number of methoxy groups -OCH3 is 2. The maximum Gasteiger partial charge on any atom is 0.247 e. The Kier molecular flexibility index (Phi) is 7.55. The van der Waals surface area contributed by atoms with Crippen LogP contribution < -0.4 is 14.8 Å². The highest BCUT2D eigenvalue weighted by Crippen LogP contribution is 2.31. The third kappa shape index (κ3) is 4.37. The van der Waals surface area contributed by atoms with Gasteiger partial charge in [0, 0.05) is 38.2 Å². The summed E-state index contributed by atoms with van der Waals surface area (Å²) in [6, 6.07) is 4.71. The summed E-state index contributed by atoms with van der Waals surface area (Å²) in [6.07, 6.45) is 0. The van der Waals surface area contributed by atoms with Crippen molar-refractivity contribution in [2.45, 2.75) is 11.8 Å². The average molecular weight is 434 g/mol. The van der Waals surface area contributed by atoms with E-state index < -0.39 is 10.0 Å². The molecule has 1 unspecified atom stereocenters. The molecule has 1 N–H and O–H groups in total. The number of carbonyl (C=O) groups excluding carboxylic acids is 1. The van der Waals surface area contributed by atoms with E-state index in [2.05, 4.69) is 5.32 Å². The van der Waals surface area contributed by atoms with E-state index in [1.807, 2.05) is 6.92 Å². The number of halogens is 1. The highest BCUT2D eigenvalue weighted by atomic mass is 35.5. The maximum absolute atomic E-state index is 13.1. The van der Waals surface area contributed by atoms with Crippen LogP contribution in [0, 0.1) is 11.8 Å². The molecule has 1 atom stereocenters. The molecule has 2 aliphatic heterocycles. The minimum Gasteiger partial charge on any atom is -0.497 e. The normalized spacial score (nSPS) is 19.3. The molecule has 2 aliphatic rings. The largest absolute Gasteiger partial charge is 0.497 e. The number of amides is 1. The van der Waals surface area contributed by atoms with Crippen LogP contribution in [0.4, 0.5) is 0 Å². The molecule has 2 heterocycles. The molecule has 1 aromatic carbocycles. The van der Waals surface area contributed by atoms with Crippen molar-refractivity contribution in [2.24, 2.45) is 11.8 Å². The van der Waals surface area contributed by atoms with Gasteiger partial charge in [0.2, 0.25) is 15.9 Å². The fraction of sp³-hybridized carbons (Fsp3) is 0.611. The number of nitrogens with zero attached hydrogens (tertiary/aromatic N) is 2. The molecule has 158 valence electrons. The highest BCUT2D eigenvalue weighted by molar-refractivity contribution is 7.89. The molecule has 0 radical (unpaired) electrons. The predicted octanol–water partition coefficient (Wildman–Crippen LogP) is 0.814. The molecule has 28 heavy (non-hydrogen) atoms. The van der Waals surface area contributed by atoms with Gasteiger partial charge in [0.05, 0.1) is 14.2 Å². The summed E-state index contributed by atoms with van der Waals surface area (Å²) >= 11 is 0. The number of hydrogen-bond donors (Lipinski definition) is 1. The van der Waals surface area contributed by atoms with Gasteiger partial charge >= 0.3 is 0 Å². The van der Waals surface area contributed by atoms with Gasteiger partial charge in [0.25, 0.3) is 0 Å². The molecule has 0 saturated carbocycles. The number of rotatable bonds is 6. The zero-order chi connectivity index (χ0) is 19.6. The van der Waals surface area contributed by atoms with Gasteiger partial charge in [-0.2, -0.15) is 4.31 Å². The molecular formula is C18H28ClN3O5S. The highest BCUT2D eigenvalue weighted by Gasteiger charge is 2.36. The second kappa shape index (κ2) is 9.30. The van der Waals surface area contributed by atoms with Gasteiger partial charge in [-0.25, -0.2) is 8.42 Å². The van der Waals surface area contributed by atoms with Crippen molar-refractivity contribution in [1.29, 1.82) is 0 Å². The molecule has 3 rings (SSSR count). The van der Waals surface area contributed by atoms with Crippen LogP contribution in [0.3, 0.4) is 0 Å². The second-order valence-electron chi connectivity index (χ2n) is 6.95. The number of nitrogens with one attached hydrogen (secondary N) is 1. The minimum atomic E-state index is -3.74. The van der Waals surface area contributed by atoms with Crippen molar-refractivity contribution < 1.29 is 22.7 Å². The van der Waals surface area contributed by atoms with E-state index in [9.17, 15) is 13.2 Å². The first-order valence-electron chi connectivity index (χ1n) is 9.10. The van der Waals surface area contributed by atoms with E-state index in [0.717, 1.165) is 13.1 Å². The molecule has 10 heteroatoms. The van der Waals surface area contributed by atoms with E-state index in [0.29, 0.717) is 24.8 Å². The van der Waals surface area contributed by atoms with Gasteiger partial charge in [-0.15, -0.1) is 12.4 Å². The number of piperazine rings is 1. The van der Waals surface area contributed by atoms with Gasteiger partial charge in [-0.1, -0.05) is 6.92 Å². The number of carbonyl (C=O) groups is 1. The van der Waals surface area contributed by atoms with E-state index in [1.54, 1.807) is 17.0 Å². The van der Waals surface area contributed by atoms with Crippen molar-refractivity contribution in [3.05, 3.63) is 18.2 Å². The second-order valence-corrected chi connectivity index (χ2v) is 8.86. The molecule has 1 amide bonds. The summed E-state index contributed by atoms with van der Waals surface area (Å²) in [5.41, 5.74) is 0. The Morgan fingerprint density at radius 2 is 1.79 bits per heavy atom. The van der Waals surface area contributed by atoms with Crippen LogP contribution >= 0.6 is 12.4 Å². The molecule has 1 aromatic rings. The summed E-state index contributed by atoms with van der Waals surface area (Å²) in [7, 11) is -0.810. The zero-order valence-electron chi connectivity index (χ0n) is 16.4. The fourth-order valence-corrected chi connectivity index (χ4v) is 5.02. The number of benzene rings is 1. The van der Waals surface area contributed by atoms with E-state index >= 15 is 0 Å². The van der Waals surface area contributed by atoms with E-state index in [4.69, 9.17) is 9.47 Å². The topological polar surface area (TPSA) is 88.2 Å². The number of hydrogen-bond acceptors (Lipinski definition) is 6. The van der Waals surface area contributed by atoms with Crippen molar-refractivity contribution in [2.75, 3.05) is 53.5 Å². The molecule has 0 bridgehead atoms. The summed E-state index contributed by atoms with van der Waals surface area (Å²) in [6.45, 7) is 5.03. The molecule has 0 aromatic heterocycles. The van der Waals surface area contributed by atoms with Gasteiger partial charge < -0.3 is 19.7 Å². The smallest absolute Gasteiger partial charge is 0.247 e. The Balaban J connectivity index is 0.00000280. The summed E-state index contributed by atoms with van der Waals surface area (Å²) in [5, 5.41) is 3.18. The Morgan fingerprint density at radius 3 is 2.29 bits per heavy atom. The zero-order valence-corrected chi connectivity index (χ0v) is 18.0. The lowest BCUT2D eigenvalue weighted by atomic mass is 9.88.